The van der Waals surface area contributed by atoms with Crippen LogP contribution in [0.3, 0.4) is 0 Å². The molecule has 1 atom stereocenters. The summed E-state index contributed by atoms with van der Waals surface area (Å²) >= 11 is 0. The zero-order valence-electron chi connectivity index (χ0n) is 11.8. The number of amides is 1. The summed E-state index contributed by atoms with van der Waals surface area (Å²) in [4.78, 5) is 24.6. The zero-order chi connectivity index (χ0) is 13.7. The first-order valence-electron chi connectivity index (χ1n) is 7.43. The van der Waals surface area contributed by atoms with Gasteiger partial charge in [0, 0.05) is 12.7 Å². The Balaban J connectivity index is 2.04. The lowest BCUT2D eigenvalue weighted by Gasteiger charge is -2.32. The second kappa shape index (κ2) is 6.48. The minimum atomic E-state index is -1.03. The number of ketones is 1. The van der Waals surface area contributed by atoms with Gasteiger partial charge >= 0.3 is 0 Å². The van der Waals surface area contributed by atoms with Gasteiger partial charge in [-0.2, -0.15) is 0 Å². The molecule has 1 unspecified atom stereocenters. The van der Waals surface area contributed by atoms with Crippen LogP contribution in [-0.4, -0.2) is 36.5 Å². The molecule has 2 fully saturated rings. The van der Waals surface area contributed by atoms with Gasteiger partial charge in [-0.05, 0) is 39.2 Å². The van der Waals surface area contributed by atoms with Crippen LogP contribution >= 0.6 is 0 Å². The van der Waals surface area contributed by atoms with Gasteiger partial charge in [0.25, 0.3) is 0 Å². The summed E-state index contributed by atoms with van der Waals surface area (Å²) in [5, 5.41) is 9.37. The normalized spacial score (nSPS) is 29.5. The molecule has 5 heteroatoms. The predicted octanol–water partition coefficient (Wildman–Crippen LogP) is 0.694. The second-order valence-electron chi connectivity index (χ2n) is 5.73. The first-order chi connectivity index (χ1) is 9.15. The molecule has 108 valence electrons. The highest BCUT2D eigenvalue weighted by Crippen LogP contribution is 2.21. The fraction of sp³-hybridized carbons (Fsp3) is 0.857. The first-order valence-corrected chi connectivity index (χ1v) is 7.43. The van der Waals surface area contributed by atoms with Gasteiger partial charge in [0.1, 0.15) is 0 Å². The molecule has 2 rings (SSSR count). The monoisotopic (exact) mass is 267 g/mol. The summed E-state index contributed by atoms with van der Waals surface area (Å²) in [6, 6.07) is 0.246. The summed E-state index contributed by atoms with van der Waals surface area (Å²) in [5.41, 5.74) is -1.03. The number of rotatable bonds is 3. The molecule has 1 aliphatic heterocycles. The molecular formula is C14H25N3O2. The van der Waals surface area contributed by atoms with Crippen molar-refractivity contribution in [3.8, 4) is 0 Å². The zero-order valence-corrected chi connectivity index (χ0v) is 11.8. The third-order valence-electron chi connectivity index (χ3n) is 4.35. The highest BCUT2D eigenvalue weighted by atomic mass is 16.2. The quantitative estimate of drug-likeness (QED) is 0.658. The molecule has 1 saturated heterocycles. The van der Waals surface area contributed by atoms with Crippen LogP contribution in [0.4, 0.5) is 0 Å². The van der Waals surface area contributed by atoms with Crippen molar-refractivity contribution >= 4 is 11.7 Å². The lowest BCUT2D eigenvalue weighted by molar-refractivity contribution is -0.137. The van der Waals surface area contributed by atoms with Crippen molar-refractivity contribution in [1.29, 1.82) is 0 Å². The fourth-order valence-electron chi connectivity index (χ4n) is 3.08. The van der Waals surface area contributed by atoms with Gasteiger partial charge in [0.15, 0.2) is 11.3 Å². The second-order valence-corrected chi connectivity index (χ2v) is 5.73. The van der Waals surface area contributed by atoms with E-state index in [9.17, 15) is 9.59 Å². The Kier molecular flexibility index (Phi) is 4.93. The molecule has 0 aromatic carbocycles. The van der Waals surface area contributed by atoms with Crippen LogP contribution in [-0.2, 0) is 9.59 Å². The number of Topliss-reactive ketones (excluding diaryl/α,β-unsaturated/α-hetero) is 1. The van der Waals surface area contributed by atoms with Gasteiger partial charge in [-0.3, -0.25) is 14.9 Å². The molecule has 1 saturated carbocycles. The summed E-state index contributed by atoms with van der Waals surface area (Å²) in [6.07, 6.45) is 7.10. The van der Waals surface area contributed by atoms with Crippen molar-refractivity contribution in [3.63, 3.8) is 0 Å². The van der Waals surface area contributed by atoms with Crippen molar-refractivity contribution in [2.45, 2.75) is 63.5 Å². The van der Waals surface area contributed by atoms with E-state index in [0.717, 1.165) is 25.8 Å². The first kappa shape index (κ1) is 14.5. The average molecular weight is 267 g/mol. The molecule has 0 bridgehead atoms. The lowest BCUT2D eigenvalue weighted by Crippen LogP contribution is -2.63. The molecule has 1 amide bonds. The molecule has 1 aliphatic carbocycles. The van der Waals surface area contributed by atoms with E-state index in [1.807, 2.05) is 0 Å². The molecule has 0 spiro atoms. The number of nitrogens with one attached hydrogen (secondary N) is 3. The van der Waals surface area contributed by atoms with Gasteiger partial charge < -0.3 is 10.6 Å². The van der Waals surface area contributed by atoms with Crippen molar-refractivity contribution in [3.05, 3.63) is 0 Å². The SMILES string of the molecule is CC(=O)C1(C(=O)NC2CCCCC2)CCCNCN1. The summed E-state index contributed by atoms with van der Waals surface area (Å²) in [7, 11) is 0. The van der Waals surface area contributed by atoms with Crippen LogP contribution in [0.15, 0.2) is 0 Å². The fourth-order valence-corrected chi connectivity index (χ4v) is 3.08. The lowest BCUT2D eigenvalue weighted by atomic mass is 9.87. The maximum absolute atomic E-state index is 12.6. The largest absolute Gasteiger partial charge is 0.351 e. The summed E-state index contributed by atoms with van der Waals surface area (Å²) in [6.45, 7) is 2.87. The van der Waals surface area contributed by atoms with Crippen LogP contribution in [0.25, 0.3) is 0 Å². The minimum absolute atomic E-state index is 0.0792. The average Bonchev–Trinajstić information content (AvgIpc) is 2.66. The Morgan fingerprint density at radius 1 is 1.16 bits per heavy atom. The molecule has 19 heavy (non-hydrogen) atoms. The Bertz CT molecular complexity index is 330. The molecule has 1 heterocycles. The van der Waals surface area contributed by atoms with E-state index in [-0.39, 0.29) is 17.7 Å². The van der Waals surface area contributed by atoms with Gasteiger partial charge in [-0.1, -0.05) is 19.3 Å². The Morgan fingerprint density at radius 3 is 2.58 bits per heavy atom. The van der Waals surface area contributed by atoms with Gasteiger partial charge in [0.05, 0.1) is 0 Å². The molecule has 0 aromatic heterocycles. The number of hydrogen-bond acceptors (Lipinski definition) is 4. The molecule has 5 nitrogen and oxygen atoms in total. The third kappa shape index (κ3) is 3.34. The minimum Gasteiger partial charge on any atom is -0.351 e. The smallest absolute Gasteiger partial charge is 0.248 e. The van der Waals surface area contributed by atoms with Crippen LogP contribution in [0.1, 0.15) is 51.9 Å². The third-order valence-corrected chi connectivity index (χ3v) is 4.35. The molecular weight excluding hydrogens is 242 g/mol. The van der Waals surface area contributed by atoms with Crippen molar-refractivity contribution in [1.82, 2.24) is 16.0 Å². The topological polar surface area (TPSA) is 70.2 Å². The van der Waals surface area contributed by atoms with Gasteiger partial charge in [-0.25, -0.2) is 0 Å². The number of hydrogen-bond donors (Lipinski definition) is 3. The molecule has 0 aromatic rings. The highest BCUT2D eigenvalue weighted by molar-refractivity contribution is 6.09. The highest BCUT2D eigenvalue weighted by Gasteiger charge is 2.43. The predicted molar refractivity (Wildman–Crippen MR) is 73.7 cm³/mol. The van der Waals surface area contributed by atoms with E-state index in [1.54, 1.807) is 0 Å². The van der Waals surface area contributed by atoms with Gasteiger partial charge in [-0.15, -0.1) is 0 Å². The summed E-state index contributed by atoms with van der Waals surface area (Å²) in [5.74, 6) is -0.208. The van der Waals surface area contributed by atoms with Gasteiger partial charge in [0.2, 0.25) is 5.91 Å². The Hall–Kier alpha value is -0.940. The summed E-state index contributed by atoms with van der Waals surface area (Å²) < 4.78 is 0. The standard InChI is InChI=1S/C14H25N3O2/c1-11(18)14(8-5-9-15-10-16-14)13(19)17-12-6-3-2-4-7-12/h12,15-16H,2-10H2,1H3,(H,17,19). The van der Waals surface area contributed by atoms with Crippen LogP contribution in [0.5, 0.6) is 0 Å². The van der Waals surface area contributed by atoms with Crippen LogP contribution in [0, 0.1) is 0 Å². The van der Waals surface area contributed by atoms with E-state index in [0.29, 0.717) is 13.1 Å². The van der Waals surface area contributed by atoms with Crippen LogP contribution < -0.4 is 16.0 Å². The van der Waals surface area contributed by atoms with E-state index >= 15 is 0 Å². The maximum Gasteiger partial charge on any atom is 0.248 e. The number of carbonyl (C=O) groups is 2. The Labute approximate surface area is 114 Å². The van der Waals surface area contributed by atoms with Crippen molar-refractivity contribution in [2.24, 2.45) is 0 Å². The maximum atomic E-state index is 12.6. The van der Waals surface area contributed by atoms with E-state index < -0.39 is 5.54 Å². The molecule has 0 radical (unpaired) electrons. The Morgan fingerprint density at radius 2 is 1.89 bits per heavy atom. The molecule has 2 aliphatic rings. The molecule has 3 N–H and O–H groups in total. The van der Waals surface area contributed by atoms with Crippen molar-refractivity contribution in [2.75, 3.05) is 13.2 Å². The van der Waals surface area contributed by atoms with E-state index in [4.69, 9.17) is 0 Å². The van der Waals surface area contributed by atoms with Crippen LogP contribution in [0.2, 0.25) is 0 Å². The van der Waals surface area contributed by atoms with E-state index in [2.05, 4.69) is 16.0 Å². The van der Waals surface area contributed by atoms with E-state index in [1.165, 1.54) is 26.2 Å². The van der Waals surface area contributed by atoms with Crippen molar-refractivity contribution < 1.29 is 9.59 Å². The number of carbonyl (C=O) groups excluding carboxylic acids is 2.